The Bertz CT molecular complexity index is 536. The molecule has 1 aromatic carbocycles. The van der Waals surface area contributed by atoms with E-state index in [4.69, 9.17) is 11.6 Å². The van der Waals surface area contributed by atoms with Crippen molar-refractivity contribution in [3.05, 3.63) is 47.2 Å². The third-order valence-corrected chi connectivity index (χ3v) is 2.70. The number of aryl methyl sites for hydroxylation is 1. The first-order valence-corrected chi connectivity index (χ1v) is 5.68. The second kappa shape index (κ2) is 5.01. The maximum atomic E-state index is 12.0. The molecular weight excluding hydrogens is 238 g/mol. The summed E-state index contributed by atoms with van der Waals surface area (Å²) in [6.45, 7) is 2.58. The molecule has 1 amide bonds. The van der Waals surface area contributed by atoms with Crippen molar-refractivity contribution in [2.24, 2.45) is 0 Å². The number of halogens is 1. The molecule has 0 aliphatic carbocycles. The van der Waals surface area contributed by atoms with E-state index in [0.717, 1.165) is 0 Å². The number of amides is 1. The molecule has 0 saturated heterocycles. The van der Waals surface area contributed by atoms with Crippen molar-refractivity contribution in [1.82, 2.24) is 9.78 Å². The molecule has 1 N–H and O–H groups in total. The van der Waals surface area contributed by atoms with Crippen LogP contribution in [0.1, 0.15) is 17.4 Å². The van der Waals surface area contributed by atoms with Gasteiger partial charge >= 0.3 is 0 Å². The molecule has 1 aromatic heterocycles. The number of hydrogen-bond donors (Lipinski definition) is 1. The zero-order valence-corrected chi connectivity index (χ0v) is 10.1. The number of hydrogen-bond acceptors (Lipinski definition) is 2. The predicted octanol–water partition coefficient (Wildman–Crippen LogP) is 2.81. The Morgan fingerprint density at radius 3 is 2.88 bits per heavy atom. The van der Waals surface area contributed by atoms with Gasteiger partial charge in [-0.25, -0.2) is 0 Å². The van der Waals surface area contributed by atoms with Crippen LogP contribution < -0.4 is 5.32 Å². The smallest absolute Gasteiger partial charge is 0.273 e. The van der Waals surface area contributed by atoms with Gasteiger partial charge in [0.2, 0.25) is 0 Å². The zero-order chi connectivity index (χ0) is 12.3. The first-order chi connectivity index (χ1) is 8.22. The van der Waals surface area contributed by atoms with Crippen LogP contribution in [-0.2, 0) is 6.54 Å². The molecule has 1 heterocycles. The summed E-state index contributed by atoms with van der Waals surface area (Å²) >= 11 is 5.97. The number of anilines is 1. The van der Waals surface area contributed by atoms with E-state index in [1.807, 2.05) is 19.1 Å². The number of nitrogens with zero attached hydrogens (tertiary/aromatic N) is 2. The molecular formula is C12H12ClN3O. The highest BCUT2D eigenvalue weighted by molar-refractivity contribution is 6.33. The number of aromatic nitrogens is 2. The Balaban J connectivity index is 2.20. The Morgan fingerprint density at radius 1 is 1.41 bits per heavy atom. The Kier molecular flexibility index (Phi) is 3.44. The molecule has 17 heavy (non-hydrogen) atoms. The van der Waals surface area contributed by atoms with Gasteiger partial charge in [-0.2, -0.15) is 5.10 Å². The van der Waals surface area contributed by atoms with Crippen molar-refractivity contribution in [1.29, 1.82) is 0 Å². The van der Waals surface area contributed by atoms with Gasteiger partial charge in [-0.15, -0.1) is 0 Å². The molecule has 4 nitrogen and oxygen atoms in total. The van der Waals surface area contributed by atoms with Crippen molar-refractivity contribution >= 4 is 23.2 Å². The lowest BCUT2D eigenvalue weighted by Crippen LogP contribution is -2.17. The fourth-order valence-electron chi connectivity index (χ4n) is 1.53. The number of carbonyl (C=O) groups is 1. The molecule has 0 saturated carbocycles. The minimum atomic E-state index is -0.211. The Labute approximate surface area is 104 Å². The van der Waals surface area contributed by atoms with Crippen LogP contribution in [0, 0.1) is 0 Å². The summed E-state index contributed by atoms with van der Waals surface area (Å²) in [6.07, 6.45) is 1.60. The molecule has 0 unspecified atom stereocenters. The fraction of sp³-hybridized carbons (Fsp3) is 0.167. The number of carbonyl (C=O) groups excluding carboxylic acids is 1. The number of para-hydroxylation sites is 1. The highest BCUT2D eigenvalue weighted by Gasteiger charge is 2.12. The van der Waals surface area contributed by atoms with Gasteiger partial charge < -0.3 is 5.32 Å². The molecule has 88 valence electrons. The first-order valence-electron chi connectivity index (χ1n) is 5.30. The third kappa shape index (κ3) is 2.47. The maximum absolute atomic E-state index is 12.0. The maximum Gasteiger partial charge on any atom is 0.273 e. The zero-order valence-electron chi connectivity index (χ0n) is 9.35. The minimum Gasteiger partial charge on any atom is -0.319 e. The molecule has 0 fully saturated rings. The predicted molar refractivity (Wildman–Crippen MR) is 67.3 cm³/mol. The van der Waals surface area contributed by atoms with Gasteiger partial charge in [-0.05, 0) is 25.1 Å². The van der Waals surface area contributed by atoms with Crippen LogP contribution in [0.2, 0.25) is 5.02 Å². The van der Waals surface area contributed by atoms with Crippen LogP contribution in [0.3, 0.4) is 0 Å². The van der Waals surface area contributed by atoms with Crippen molar-refractivity contribution in [3.8, 4) is 0 Å². The topological polar surface area (TPSA) is 46.9 Å². The Morgan fingerprint density at radius 2 is 2.18 bits per heavy atom. The SMILES string of the molecule is CCn1nccc1C(=O)Nc1ccccc1Cl. The van der Waals surface area contributed by atoms with Gasteiger partial charge in [-0.1, -0.05) is 23.7 Å². The summed E-state index contributed by atoms with van der Waals surface area (Å²) in [6, 6.07) is 8.80. The monoisotopic (exact) mass is 249 g/mol. The summed E-state index contributed by atoms with van der Waals surface area (Å²) in [5.74, 6) is -0.211. The van der Waals surface area contributed by atoms with Crippen LogP contribution in [0.15, 0.2) is 36.5 Å². The highest BCUT2D eigenvalue weighted by atomic mass is 35.5. The molecule has 2 rings (SSSR count). The molecule has 5 heteroatoms. The van der Waals surface area contributed by atoms with E-state index in [2.05, 4.69) is 10.4 Å². The fourth-order valence-corrected chi connectivity index (χ4v) is 1.71. The average Bonchev–Trinajstić information content (AvgIpc) is 2.80. The second-order valence-corrected chi connectivity index (χ2v) is 3.87. The normalized spacial score (nSPS) is 10.2. The van der Waals surface area contributed by atoms with Gasteiger partial charge in [0.05, 0.1) is 10.7 Å². The van der Waals surface area contributed by atoms with E-state index in [1.165, 1.54) is 0 Å². The molecule has 0 radical (unpaired) electrons. The average molecular weight is 250 g/mol. The van der Waals surface area contributed by atoms with E-state index in [-0.39, 0.29) is 5.91 Å². The summed E-state index contributed by atoms with van der Waals surface area (Å²) in [5.41, 5.74) is 1.12. The molecule has 0 aliphatic heterocycles. The van der Waals surface area contributed by atoms with Crippen LogP contribution in [0.5, 0.6) is 0 Å². The second-order valence-electron chi connectivity index (χ2n) is 3.47. The summed E-state index contributed by atoms with van der Waals surface area (Å²) < 4.78 is 1.63. The van der Waals surface area contributed by atoms with E-state index < -0.39 is 0 Å². The summed E-state index contributed by atoms with van der Waals surface area (Å²) in [7, 11) is 0. The standard InChI is InChI=1S/C12H12ClN3O/c1-2-16-11(7-8-14-16)12(17)15-10-6-4-3-5-9(10)13/h3-8H,2H2,1H3,(H,15,17). The molecule has 0 aliphatic rings. The van der Waals surface area contributed by atoms with Crippen molar-refractivity contribution in [2.75, 3.05) is 5.32 Å². The van der Waals surface area contributed by atoms with Gasteiger partial charge in [0, 0.05) is 12.7 Å². The van der Waals surface area contributed by atoms with Gasteiger partial charge in [0.1, 0.15) is 5.69 Å². The largest absolute Gasteiger partial charge is 0.319 e. The third-order valence-electron chi connectivity index (χ3n) is 2.37. The van der Waals surface area contributed by atoms with Crippen LogP contribution in [-0.4, -0.2) is 15.7 Å². The van der Waals surface area contributed by atoms with E-state index >= 15 is 0 Å². The summed E-state index contributed by atoms with van der Waals surface area (Å²) in [5, 5.41) is 7.32. The lowest BCUT2D eigenvalue weighted by atomic mass is 10.3. The quantitative estimate of drug-likeness (QED) is 0.909. The summed E-state index contributed by atoms with van der Waals surface area (Å²) in [4.78, 5) is 12.0. The van der Waals surface area contributed by atoms with Crippen LogP contribution >= 0.6 is 11.6 Å². The lowest BCUT2D eigenvalue weighted by molar-refractivity contribution is 0.101. The number of nitrogens with one attached hydrogen (secondary N) is 1. The van der Waals surface area contributed by atoms with Crippen LogP contribution in [0.25, 0.3) is 0 Å². The lowest BCUT2D eigenvalue weighted by Gasteiger charge is -2.07. The highest BCUT2D eigenvalue weighted by Crippen LogP contribution is 2.21. The molecule has 0 bridgehead atoms. The number of benzene rings is 1. The van der Waals surface area contributed by atoms with E-state index in [0.29, 0.717) is 22.9 Å². The van der Waals surface area contributed by atoms with Gasteiger partial charge in [-0.3, -0.25) is 9.48 Å². The van der Waals surface area contributed by atoms with E-state index in [9.17, 15) is 4.79 Å². The Hall–Kier alpha value is -1.81. The first kappa shape index (κ1) is 11.7. The van der Waals surface area contributed by atoms with Crippen LogP contribution in [0.4, 0.5) is 5.69 Å². The number of rotatable bonds is 3. The van der Waals surface area contributed by atoms with Crippen molar-refractivity contribution in [3.63, 3.8) is 0 Å². The van der Waals surface area contributed by atoms with E-state index in [1.54, 1.807) is 29.1 Å². The minimum absolute atomic E-state index is 0.211. The van der Waals surface area contributed by atoms with Crippen molar-refractivity contribution < 1.29 is 4.79 Å². The molecule has 0 atom stereocenters. The molecule has 2 aromatic rings. The van der Waals surface area contributed by atoms with Crippen molar-refractivity contribution in [2.45, 2.75) is 13.5 Å². The molecule has 0 spiro atoms. The van der Waals surface area contributed by atoms with Gasteiger partial charge in [0.25, 0.3) is 5.91 Å². The van der Waals surface area contributed by atoms with Gasteiger partial charge in [0.15, 0.2) is 0 Å².